The zero-order chi connectivity index (χ0) is 16.8. The molecule has 1 aromatic rings. The summed E-state index contributed by atoms with van der Waals surface area (Å²) in [4.78, 5) is 23.5. The molecule has 22 heavy (non-hydrogen) atoms. The van der Waals surface area contributed by atoms with Crippen LogP contribution in [0.4, 0.5) is 4.39 Å². The van der Waals surface area contributed by atoms with E-state index in [9.17, 15) is 14.0 Å². The molecule has 1 aromatic carbocycles. The lowest BCUT2D eigenvalue weighted by molar-refractivity contribution is -0.120. The molecule has 0 spiro atoms. The van der Waals surface area contributed by atoms with Gasteiger partial charge in [-0.3, -0.25) is 9.59 Å². The number of carbonyl (C=O) groups excluding carboxylic acids is 2. The summed E-state index contributed by atoms with van der Waals surface area (Å²) in [6.07, 6.45) is 0.546. The fourth-order valence-electron chi connectivity index (χ4n) is 1.76. The van der Waals surface area contributed by atoms with E-state index in [-0.39, 0.29) is 29.2 Å². The molecular formula is C15H20ClFN2O3. The summed E-state index contributed by atoms with van der Waals surface area (Å²) in [7, 11) is 0. The van der Waals surface area contributed by atoms with E-state index >= 15 is 0 Å². The van der Waals surface area contributed by atoms with Gasteiger partial charge >= 0.3 is 0 Å². The normalized spacial score (nSPS) is 11.1. The second-order valence-electron chi connectivity index (χ2n) is 5.69. The number of benzene rings is 1. The molecule has 0 saturated heterocycles. The Bertz CT molecular complexity index is 529. The molecule has 0 aromatic heterocycles. The first-order valence-corrected chi connectivity index (χ1v) is 7.24. The highest BCUT2D eigenvalue weighted by Crippen LogP contribution is 2.19. The van der Waals surface area contributed by atoms with Crippen molar-refractivity contribution in [3.8, 4) is 0 Å². The van der Waals surface area contributed by atoms with Crippen LogP contribution in [-0.2, 0) is 4.79 Å². The minimum Gasteiger partial charge on any atom is -0.396 e. The monoisotopic (exact) mass is 330 g/mol. The van der Waals surface area contributed by atoms with Crippen LogP contribution in [0, 0.1) is 11.2 Å². The Morgan fingerprint density at radius 2 is 2.00 bits per heavy atom. The average Bonchev–Trinajstić information content (AvgIpc) is 2.43. The van der Waals surface area contributed by atoms with E-state index in [1.807, 2.05) is 13.8 Å². The van der Waals surface area contributed by atoms with Crippen molar-refractivity contribution in [2.75, 3.05) is 19.7 Å². The second kappa shape index (κ2) is 8.10. The molecule has 0 fully saturated rings. The molecule has 7 heteroatoms. The Balaban J connectivity index is 2.49. The molecule has 0 unspecified atom stereocenters. The highest BCUT2D eigenvalue weighted by Gasteiger charge is 2.19. The summed E-state index contributed by atoms with van der Waals surface area (Å²) < 4.78 is 13.5. The predicted octanol–water partition coefficient (Wildman–Crippen LogP) is 1.73. The van der Waals surface area contributed by atoms with Crippen LogP contribution in [0.1, 0.15) is 30.6 Å². The minimum absolute atomic E-state index is 0.0120. The van der Waals surface area contributed by atoms with Crippen LogP contribution >= 0.6 is 11.6 Å². The van der Waals surface area contributed by atoms with Gasteiger partial charge in [-0.25, -0.2) is 4.39 Å². The molecule has 0 aliphatic heterocycles. The summed E-state index contributed by atoms with van der Waals surface area (Å²) in [5.41, 5.74) is -0.527. The molecule has 1 rings (SSSR count). The van der Waals surface area contributed by atoms with Crippen molar-refractivity contribution in [2.24, 2.45) is 5.41 Å². The van der Waals surface area contributed by atoms with Gasteiger partial charge in [-0.1, -0.05) is 31.5 Å². The standard InChI is InChI=1S/C15H20ClFN2O3/c1-15(2,6-7-20)9-19-12(21)8-18-14(22)13-10(16)4-3-5-11(13)17/h3-5,20H,6-9H2,1-2H3,(H,18,22)(H,19,21). The van der Waals surface area contributed by atoms with Gasteiger partial charge in [0, 0.05) is 13.2 Å². The van der Waals surface area contributed by atoms with E-state index in [1.165, 1.54) is 12.1 Å². The fourth-order valence-corrected chi connectivity index (χ4v) is 2.00. The quantitative estimate of drug-likeness (QED) is 0.712. The van der Waals surface area contributed by atoms with Crippen LogP contribution in [0.15, 0.2) is 18.2 Å². The number of halogens is 2. The van der Waals surface area contributed by atoms with Crippen LogP contribution < -0.4 is 10.6 Å². The molecule has 0 heterocycles. The van der Waals surface area contributed by atoms with Gasteiger partial charge in [0.2, 0.25) is 5.91 Å². The zero-order valence-electron chi connectivity index (χ0n) is 12.6. The van der Waals surface area contributed by atoms with Crippen molar-refractivity contribution < 1.29 is 19.1 Å². The van der Waals surface area contributed by atoms with Crippen molar-refractivity contribution >= 4 is 23.4 Å². The van der Waals surface area contributed by atoms with Gasteiger partial charge in [-0.05, 0) is 24.0 Å². The van der Waals surface area contributed by atoms with E-state index < -0.39 is 17.6 Å². The second-order valence-corrected chi connectivity index (χ2v) is 6.10. The van der Waals surface area contributed by atoms with Crippen LogP contribution in [0.3, 0.4) is 0 Å². The maximum atomic E-state index is 13.5. The number of aliphatic hydroxyl groups excluding tert-OH is 1. The maximum Gasteiger partial charge on any atom is 0.256 e. The maximum absolute atomic E-state index is 13.5. The van der Waals surface area contributed by atoms with Crippen LogP contribution in [-0.4, -0.2) is 36.6 Å². The van der Waals surface area contributed by atoms with Gasteiger partial charge in [0.05, 0.1) is 17.1 Å². The molecular weight excluding hydrogens is 311 g/mol. The Hall–Kier alpha value is -1.66. The van der Waals surface area contributed by atoms with Crippen molar-refractivity contribution in [3.05, 3.63) is 34.6 Å². The smallest absolute Gasteiger partial charge is 0.256 e. The lowest BCUT2D eigenvalue weighted by Crippen LogP contribution is -2.41. The van der Waals surface area contributed by atoms with Gasteiger partial charge < -0.3 is 15.7 Å². The van der Waals surface area contributed by atoms with E-state index in [0.717, 1.165) is 6.07 Å². The predicted molar refractivity (Wildman–Crippen MR) is 82.2 cm³/mol. The summed E-state index contributed by atoms with van der Waals surface area (Å²) in [6.45, 7) is 3.93. The van der Waals surface area contributed by atoms with E-state index in [0.29, 0.717) is 13.0 Å². The van der Waals surface area contributed by atoms with Crippen molar-refractivity contribution in [3.63, 3.8) is 0 Å². The molecule has 0 bridgehead atoms. The fraction of sp³-hybridized carbons (Fsp3) is 0.467. The topological polar surface area (TPSA) is 78.4 Å². The molecule has 5 nitrogen and oxygen atoms in total. The zero-order valence-corrected chi connectivity index (χ0v) is 13.3. The lowest BCUT2D eigenvalue weighted by Gasteiger charge is -2.23. The largest absolute Gasteiger partial charge is 0.396 e. The Morgan fingerprint density at radius 3 is 2.59 bits per heavy atom. The summed E-state index contributed by atoms with van der Waals surface area (Å²) in [6, 6.07) is 3.92. The highest BCUT2D eigenvalue weighted by atomic mass is 35.5. The minimum atomic E-state index is -0.743. The molecule has 0 radical (unpaired) electrons. The van der Waals surface area contributed by atoms with Gasteiger partial charge in [0.15, 0.2) is 0 Å². The third-order valence-corrected chi connectivity index (χ3v) is 3.47. The van der Waals surface area contributed by atoms with Crippen molar-refractivity contribution in [1.82, 2.24) is 10.6 Å². The van der Waals surface area contributed by atoms with E-state index in [4.69, 9.17) is 16.7 Å². The number of aliphatic hydroxyl groups is 1. The van der Waals surface area contributed by atoms with Gasteiger partial charge in [0.25, 0.3) is 5.91 Å². The number of nitrogens with one attached hydrogen (secondary N) is 2. The number of rotatable bonds is 7. The first kappa shape index (κ1) is 18.4. The average molecular weight is 331 g/mol. The van der Waals surface area contributed by atoms with E-state index in [2.05, 4.69) is 10.6 Å². The number of amides is 2. The number of carbonyl (C=O) groups is 2. The molecule has 0 aliphatic rings. The van der Waals surface area contributed by atoms with Crippen molar-refractivity contribution in [1.29, 1.82) is 0 Å². The van der Waals surface area contributed by atoms with Gasteiger partial charge in [-0.2, -0.15) is 0 Å². The Morgan fingerprint density at radius 1 is 1.32 bits per heavy atom. The molecule has 0 atom stereocenters. The molecule has 2 amide bonds. The first-order chi connectivity index (χ1) is 10.3. The Kier molecular flexibility index (Phi) is 6.77. The highest BCUT2D eigenvalue weighted by molar-refractivity contribution is 6.33. The van der Waals surface area contributed by atoms with Gasteiger partial charge in [0.1, 0.15) is 5.82 Å². The molecule has 122 valence electrons. The molecule has 3 N–H and O–H groups in total. The molecule has 0 aliphatic carbocycles. The summed E-state index contributed by atoms with van der Waals surface area (Å²) >= 11 is 5.77. The first-order valence-electron chi connectivity index (χ1n) is 6.86. The summed E-state index contributed by atoms with van der Waals surface area (Å²) in [5, 5.41) is 13.9. The van der Waals surface area contributed by atoms with E-state index in [1.54, 1.807) is 0 Å². The van der Waals surface area contributed by atoms with Gasteiger partial charge in [-0.15, -0.1) is 0 Å². The molecule has 0 saturated carbocycles. The summed E-state index contributed by atoms with van der Waals surface area (Å²) in [5.74, 6) is -1.88. The third kappa shape index (κ3) is 5.61. The third-order valence-electron chi connectivity index (χ3n) is 3.15. The number of hydrogen-bond donors (Lipinski definition) is 3. The SMILES string of the molecule is CC(C)(CCO)CNC(=O)CNC(=O)c1c(F)cccc1Cl. The Labute approximate surface area is 133 Å². The van der Waals surface area contributed by atoms with Crippen LogP contribution in [0.25, 0.3) is 0 Å². The van der Waals surface area contributed by atoms with Crippen LogP contribution in [0.2, 0.25) is 5.02 Å². The number of hydrogen-bond acceptors (Lipinski definition) is 3. The van der Waals surface area contributed by atoms with Crippen LogP contribution in [0.5, 0.6) is 0 Å². The van der Waals surface area contributed by atoms with Crippen molar-refractivity contribution in [2.45, 2.75) is 20.3 Å². The lowest BCUT2D eigenvalue weighted by atomic mass is 9.90.